The van der Waals surface area contributed by atoms with E-state index in [1.165, 1.54) is 12.1 Å². The highest BCUT2D eigenvalue weighted by atomic mass is 35.5. The second kappa shape index (κ2) is 5.59. The molecule has 0 aliphatic heterocycles. The first-order valence-electron chi connectivity index (χ1n) is 5.24. The maximum atomic E-state index is 13.0. The largest absolute Gasteiger partial charge is 0.464 e. The minimum absolute atomic E-state index is 0.00681. The zero-order chi connectivity index (χ0) is 13.0. The van der Waals surface area contributed by atoms with E-state index in [4.69, 9.17) is 16.3 Å². The van der Waals surface area contributed by atoms with Crippen LogP contribution < -0.4 is 10.1 Å². The molecule has 0 radical (unpaired) electrons. The highest BCUT2D eigenvalue weighted by molar-refractivity contribution is 6.28. The van der Waals surface area contributed by atoms with Gasteiger partial charge in [0.15, 0.2) is 0 Å². The van der Waals surface area contributed by atoms with E-state index in [-0.39, 0.29) is 23.1 Å². The van der Waals surface area contributed by atoms with E-state index in [0.717, 1.165) is 0 Å². The summed E-state index contributed by atoms with van der Waals surface area (Å²) in [5.74, 6) is -0.158. The van der Waals surface area contributed by atoms with Gasteiger partial charge in [-0.2, -0.15) is 15.0 Å². The zero-order valence-electron chi connectivity index (χ0n) is 9.52. The van der Waals surface area contributed by atoms with Crippen LogP contribution in [0.25, 0.3) is 0 Å². The Hall–Kier alpha value is -1.95. The lowest BCUT2D eigenvalue weighted by Gasteiger charge is -2.06. The summed E-state index contributed by atoms with van der Waals surface area (Å²) in [6.45, 7) is 2.22. The standard InChI is InChI=1S/C11H10ClFN4O/c1-2-18-11-16-9(12)15-10(17-11)14-8-5-3-4-7(13)6-8/h3-6H,2H2,1H3,(H,14,15,16,17). The van der Waals surface area contributed by atoms with Crippen LogP contribution in [0, 0.1) is 5.82 Å². The third-order valence-electron chi connectivity index (χ3n) is 1.94. The summed E-state index contributed by atoms with van der Waals surface area (Å²) in [4.78, 5) is 11.6. The van der Waals surface area contributed by atoms with Crippen molar-refractivity contribution in [3.05, 3.63) is 35.4 Å². The van der Waals surface area contributed by atoms with Crippen molar-refractivity contribution in [1.82, 2.24) is 15.0 Å². The average Bonchev–Trinajstić information content (AvgIpc) is 2.28. The summed E-state index contributed by atoms with van der Waals surface area (Å²) in [6, 6.07) is 6.04. The number of benzene rings is 1. The molecular weight excluding hydrogens is 259 g/mol. The van der Waals surface area contributed by atoms with Crippen molar-refractivity contribution >= 4 is 23.2 Å². The van der Waals surface area contributed by atoms with Crippen molar-refractivity contribution in [1.29, 1.82) is 0 Å². The summed E-state index contributed by atoms with van der Waals surface area (Å²) < 4.78 is 18.1. The maximum absolute atomic E-state index is 13.0. The molecule has 0 saturated heterocycles. The van der Waals surface area contributed by atoms with Crippen molar-refractivity contribution in [3.8, 4) is 6.01 Å². The highest BCUT2D eigenvalue weighted by Crippen LogP contribution is 2.17. The van der Waals surface area contributed by atoms with E-state index in [9.17, 15) is 4.39 Å². The molecule has 0 aliphatic carbocycles. The number of ether oxygens (including phenoxy) is 1. The lowest BCUT2D eigenvalue weighted by Crippen LogP contribution is -2.03. The molecule has 2 aromatic rings. The highest BCUT2D eigenvalue weighted by Gasteiger charge is 2.06. The molecule has 0 unspecified atom stereocenters. The van der Waals surface area contributed by atoms with Crippen LogP contribution in [0.2, 0.25) is 5.28 Å². The minimum atomic E-state index is -0.356. The fraction of sp³-hybridized carbons (Fsp3) is 0.182. The molecule has 94 valence electrons. The number of nitrogens with one attached hydrogen (secondary N) is 1. The summed E-state index contributed by atoms with van der Waals surface area (Å²) in [5.41, 5.74) is 0.514. The molecule has 1 aromatic heterocycles. The number of hydrogen-bond donors (Lipinski definition) is 1. The van der Waals surface area contributed by atoms with Crippen molar-refractivity contribution in [3.63, 3.8) is 0 Å². The maximum Gasteiger partial charge on any atom is 0.322 e. The van der Waals surface area contributed by atoms with Gasteiger partial charge in [0.1, 0.15) is 5.82 Å². The van der Waals surface area contributed by atoms with E-state index in [2.05, 4.69) is 20.3 Å². The first-order chi connectivity index (χ1) is 8.67. The van der Waals surface area contributed by atoms with Gasteiger partial charge in [0.2, 0.25) is 11.2 Å². The molecule has 0 bridgehead atoms. The van der Waals surface area contributed by atoms with Gasteiger partial charge in [-0.25, -0.2) is 4.39 Å². The Bertz CT molecular complexity index is 552. The summed E-state index contributed by atoms with van der Waals surface area (Å²) in [6.07, 6.45) is 0. The lowest BCUT2D eigenvalue weighted by molar-refractivity contribution is 0.312. The van der Waals surface area contributed by atoms with Gasteiger partial charge in [-0.15, -0.1) is 0 Å². The predicted octanol–water partition coefficient (Wildman–Crippen LogP) is 2.81. The number of nitrogens with zero attached hydrogens (tertiary/aromatic N) is 3. The quantitative estimate of drug-likeness (QED) is 0.924. The van der Waals surface area contributed by atoms with Gasteiger partial charge in [-0.3, -0.25) is 0 Å². The van der Waals surface area contributed by atoms with Crippen LogP contribution >= 0.6 is 11.6 Å². The minimum Gasteiger partial charge on any atom is -0.464 e. The fourth-order valence-corrected chi connectivity index (χ4v) is 1.43. The Kier molecular flexibility index (Phi) is 3.88. The Morgan fingerprint density at radius 2 is 2.17 bits per heavy atom. The summed E-state index contributed by atoms with van der Waals surface area (Å²) in [5, 5.41) is 2.82. The number of halogens is 2. The Morgan fingerprint density at radius 1 is 1.33 bits per heavy atom. The Morgan fingerprint density at radius 3 is 2.89 bits per heavy atom. The second-order valence-electron chi connectivity index (χ2n) is 3.28. The normalized spacial score (nSPS) is 10.2. The number of anilines is 2. The monoisotopic (exact) mass is 268 g/mol. The smallest absolute Gasteiger partial charge is 0.322 e. The molecule has 7 heteroatoms. The van der Waals surface area contributed by atoms with Gasteiger partial charge in [0, 0.05) is 5.69 Å². The molecule has 0 aliphatic rings. The Balaban J connectivity index is 2.23. The van der Waals surface area contributed by atoms with E-state index >= 15 is 0 Å². The molecule has 1 N–H and O–H groups in total. The van der Waals surface area contributed by atoms with Crippen LogP contribution in [-0.4, -0.2) is 21.6 Å². The average molecular weight is 269 g/mol. The van der Waals surface area contributed by atoms with Gasteiger partial charge >= 0.3 is 6.01 Å². The molecule has 2 rings (SSSR count). The predicted molar refractivity (Wildman–Crippen MR) is 65.7 cm³/mol. The molecule has 0 fully saturated rings. The van der Waals surface area contributed by atoms with Crippen molar-refractivity contribution in [2.45, 2.75) is 6.92 Å². The Labute approximate surface area is 108 Å². The molecule has 0 spiro atoms. The third-order valence-corrected chi connectivity index (χ3v) is 2.11. The van der Waals surface area contributed by atoms with Gasteiger partial charge < -0.3 is 10.1 Å². The van der Waals surface area contributed by atoms with E-state index in [1.807, 2.05) is 0 Å². The second-order valence-corrected chi connectivity index (χ2v) is 3.62. The topological polar surface area (TPSA) is 59.9 Å². The number of hydrogen-bond acceptors (Lipinski definition) is 5. The van der Waals surface area contributed by atoms with E-state index in [0.29, 0.717) is 12.3 Å². The number of rotatable bonds is 4. The number of aromatic nitrogens is 3. The van der Waals surface area contributed by atoms with Crippen LogP contribution in [0.3, 0.4) is 0 Å². The van der Waals surface area contributed by atoms with E-state index < -0.39 is 0 Å². The van der Waals surface area contributed by atoms with Gasteiger partial charge in [-0.05, 0) is 36.7 Å². The van der Waals surface area contributed by atoms with Crippen molar-refractivity contribution in [2.75, 3.05) is 11.9 Å². The molecule has 0 saturated carbocycles. The molecule has 18 heavy (non-hydrogen) atoms. The first kappa shape index (κ1) is 12.5. The van der Waals surface area contributed by atoms with Gasteiger partial charge in [-0.1, -0.05) is 6.07 Å². The van der Waals surface area contributed by atoms with Crippen LogP contribution in [0.4, 0.5) is 16.0 Å². The molecule has 5 nitrogen and oxygen atoms in total. The van der Waals surface area contributed by atoms with E-state index in [1.54, 1.807) is 19.1 Å². The fourth-order valence-electron chi connectivity index (χ4n) is 1.28. The van der Waals surface area contributed by atoms with Crippen LogP contribution in [0.1, 0.15) is 6.92 Å². The van der Waals surface area contributed by atoms with Crippen LogP contribution in [0.5, 0.6) is 6.01 Å². The molecule has 1 heterocycles. The van der Waals surface area contributed by atoms with Crippen molar-refractivity contribution < 1.29 is 9.13 Å². The van der Waals surface area contributed by atoms with Crippen molar-refractivity contribution in [2.24, 2.45) is 0 Å². The summed E-state index contributed by atoms with van der Waals surface area (Å²) in [7, 11) is 0. The molecule has 1 aromatic carbocycles. The molecule has 0 atom stereocenters. The SMILES string of the molecule is CCOc1nc(Cl)nc(Nc2cccc(F)c2)n1. The van der Waals surface area contributed by atoms with Gasteiger partial charge in [0.25, 0.3) is 0 Å². The first-order valence-corrected chi connectivity index (χ1v) is 5.62. The van der Waals surface area contributed by atoms with Gasteiger partial charge in [0.05, 0.1) is 6.61 Å². The lowest BCUT2D eigenvalue weighted by atomic mass is 10.3. The third kappa shape index (κ3) is 3.27. The van der Waals surface area contributed by atoms with Crippen LogP contribution in [-0.2, 0) is 0 Å². The zero-order valence-corrected chi connectivity index (χ0v) is 10.3. The molecule has 0 amide bonds. The summed E-state index contributed by atoms with van der Waals surface area (Å²) >= 11 is 5.73. The van der Waals surface area contributed by atoms with Crippen LogP contribution in [0.15, 0.2) is 24.3 Å². The molecular formula is C11H10ClFN4O.